The van der Waals surface area contributed by atoms with E-state index in [2.05, 4.69) is 6.92 Å². The highest BCUT2D eigenvalue weighted by Gasteiger charge is 2.30. The third-order valence-corrected chi connectivity index (χ3v) is 3.57. The maximum Gasteiger partial charge on any atom is 0.240 e. The Kier molecular flexibility index (Phi) is 5.45. The lowest BCUT2D eigenvalue weighted by molar-refractivity contribution is -0.139. The number of rotatable bonds is 5. The smallest absolute Gasteiger partial charge is 0.240 e. The summed E-state index contributed by atoms with van der Waals surface area (Å²) in [5.41, 5.74) is 5.38. The highest BCUT2D eigenvalue weighted by Crippen LogP contribution is 2.23. The van der Waals surface area contributed by atoms with E-state index in [1.54, 1.807) is 4.90 Å². The van der Waals surface area contributed by atoms with Gasteiger partial charge in [-0.05, 0) is 31.6 Å². The van der Waals surface area contributed by atoms with Crippen LogP contribution in [0.3, 0.4) is 0 Å². The molecule has 0 aromatic carbocycles. The fourth-order valence-electron chi connectivity index (χ4n) is 2.68. The van der Waals surface area contributed by atoms with Crippen LogP contribution >= 0.6 is 0 Å². The van der Waals surface area contributed by atoms with Gasteiger partial charge in [-0.3, -0.25) is 9.59 Å². The molecule has 2 N–H and O–H groups in total. The number of carbonyl (C=O) groups excluding carboxylic acids is 2. The highest BCUT2D eigenvalue weighted by atomic mass is 16.2. The molecule has 0 spiro atoms. The molecule has 1 rings (SSSR count). The first-order chi connectivity index (χ1) is 8.10. The van der Waals surface area contributed by atoms with Crippen LogP contribution in [-0.2, 0) is 9.59 Å². The molecule has 0 saturated carbocycles. The van der Waals surface area contributed by atoms with Gasteiger partial charge in [-0.1, -0.05) is 20.3 Å². The average molecular weight is 240 g/mol. The molecule has 1 aliphatic rings. The van der Waals surface area contributed by atoms with Gasteiger partial charge in [0.2, 0.25) is 11.8 Å². The van der Waals surface area contributed by atoms with Gasteiger partial charge in [0.25, 0.3) is 0 Å². The van der Waals surface area contributed by atoms with Crippen molar-refractivity contribution in [3.63, 3.8) is 0 Å². The summed E-state index contributed by atoms with van der Waals surface area (Å²) in [5.74, 6) is 0.243. The summed E-state index contributed by atoms with van der Waals surface area (Å²) >= 11 is 0. The van der Waals surface area contributed by atoms with E-state index in [1.165, 1.54) is 0 Å². The SMILES string of the molecule is CCCC1CCCC(=O)N(C(CC)C(N)=O)C1. The molecule has 0 bridgehead atoms. The van der Waals surface area contributed by atoms with Crippen molar-refractivity contribution in [2.45, 2.75) is 58.4 Å². The number of nitrogens with two attached hydrogens (primary N) is 1. The summed E-state index contributed by atoms with van der Waals surface area (Å²) in [6, 6.07) is -0.417. The first kappa shape index (κ1) is 14.0. The largest absolute Gasteiger partial charge is 0.368 e. The van der Waals surface area contributed by atoms with Crippen LogP contribution in [0.5, 0.6) is 0 Å². The Morgan fingerprint density at radius 2 is 2.24 bits per heavy atom. The van der Waals surface area contributed by atoms with Gasteiger partial charge in [0.1, 0.15) is 6.04 Å². The predicted octanol–water partition coefficient (Wildman–Crippen LogP) is 1.68. The molecule has 1 aliphatic heterocycles. The molecule has 98 valence electrons. The maximum atomic E-state index is 12.0. The van der Waals surface area contributed by atoms with Crippen molar-refractivity contribution in [2.24, 2.45) is 11.7 Å². The number of primary amides is 1. The Morgan fingerprint density at radius 3 is 2.76 bits per heavy atom. The molecule has 17 heavy (non-hydrogen) atoms. The standard InChI is InChI=1S/C13H24N2O2/c1-3-6-10-7-5-8-12(16)15(9-10)11(4-2)13(14)17/h10-11H,3-9H2,1-2H3,(H2,14,17). The van der Waals surface area contributed by atoms with Crippen molar-refractivity contribution in [3.8, 4) is 0 Å². The number of hydrogen-bond acceptors (Lipinski definition) is 2. The second-order valence-electron chi connectivity index (χ2n) is 4.92. The summed E-state index contributed by atoms with van der Waals surface area (Å²) in [6.07, 6.45) is 5.45. The summed E-state index contributed by atoms with van der Waals surface area (Å²) < 4.78 is 0. The van der Waals surface area contributed by atoms with E-state index in [1.807, 2.05) is 6.92 Å². The Balaban J connectivity index is 2.76. The fourth-order valence-corrected chi connectivity index (χ4v) is 2.68. The molecule has 0 aliphatic carbocycles. The van der Waals surface area contributed by atoms with Crippen LogP contribution < -0.4 is 5.73 Å². The second-order valence-corrected chi connectivity index (χ2v) is 4.92. The van der Waals surface area contributed by atoms with Gasteiger partial charge >= 0.3 is 0 Å². The number of amides is 2. The molecule has 0 aromatic heterocycles. The molecule has 2 atom stereocenters. The van der Waals surface area contributed by atoms with Gasteiger partial charge in [0, 0.05) is 13.0 Å². The third kappa shape index (κ3) is 3.72. The highest BCUT2D eigenvalue weighted by molar-refractivity contribution is 5.86. The molecule has 2 amide bonds. The third-order valence-electron chi connectivity index (χ3n) is 3.57. The number of nitrogens with zero attached hydrogens (tertiary/aromatic N) is 1. The summed E-state index contributed by atoms with van der Waals surface area (Å²) in [5, 5.41) is 0. The van der Waals surface area contributed by atoms with Crippen LogP contribution in [0.15, 0.2) is 0 Å². The van der Waals surface area contributed by atoms with E-state index in [4.69, 9.17) is 5.73 Å². The van der Waals surface area contributed by atoms with E-state index >= 15 is 0 Å². The van der Waals surface area contributed by atoms with Crippen molar-refractivity contribution in [3.05, 3.63) is 0 Å². The minimum atomic E-state index is -0.417. The molecule has 1 saturated heterocycles. The number of hydrogen-bond donors (Lipinski definition) is 1. The summed E-state index contributed by atoms with van der Waals surface area (Å²) in [6.45, 7) is 4.76. The zero-order valence-electron chi connectivity index (χ0n) is 10.9. The zero-order valence-corrected chi connectivity index (χ0v) is 10.9. The van der Waals surface area contributed by atoms with E-state index < -0.39 is 6.04 Å². The topological polar surface area (TPSA) is 63.4 Å². The zero-order chi connectivity index (χ0) is 12.8. The van der Waals surface area contributed by atoms with Crippen molar-refractivity contribution in [2.75, 3.05) is 6.54 Å². The Morgan fingerprint density at radius 1 is 1.53 bits per heavy atom. The van der Waals surface area contributed by atoms with Gasteiger partial charge in [-0.2, -0.15) is 0 Å². The van der Waals surface area contributed by atoms with E-state index in [9.17, 15) is 9.59 Å². The molecular formula is C13H24N2O2. The first-order valence-electron chi connectivity index (χ1n) is 6.68. The minimum absolute atomic E-state index is 0.0919. The van der Waals surface area contributed by atoms with Crippen LogP contribution in [0, 0.1) is 5.92 Å². The fraction of sp³-hybridized carbons (Fsp3) is 0.846. The average Bonchev–Trinajstić information content (AvgIpc) is 2.43. The maximum absolute atomic E-state index is 12.0. The van der Waals surface area contributed by atoms with Gasteiger partial charge in [-0.15, -0.1) is 0 Å². The van der Waals surface area contributed by atoms with E-state index in [0.717, 1.165) is 25.7 Å². The molecule has 1 heterocycles. The number of carbonyl (C=O) groups is 2. The van der Waals surface area contributed by atoms with Crippen LogP contribution in [0.4, 0.5) is 0 Å². The van der Waals surface area contributed by atoms with E-state index in [0.29, 0.717) is 25.3 Å². The second kappa shape index (κ2) is 6.62. The van der Waals surface area contributed by atoms with E-state index in [-0.39, 0.29) is 11.8 Å². The monoisotopic (exact) mass is 240 g/mol. The van der Waals surface area contributed by atoms with Crippen LogP contribution in [0.1, 0.15) is 52.4 Å². The van der Waals surface area contributed by atoms with Gasteiger partial charge in [0.05, 0.1) is 0 Å². The summed E-state index contributed by atoms with van der Waals surface area (Å²) in [7, 11) is 0. The molecule has 1 fully saturated rings. The molecular weight excluding hydrogens is 216 g/mol. The molecule has 0 radical (unpaired) electrons. The first-order valence-corrected chi connectivity index (χ1v) is 6.68. The lowest BCUT2D eigenvalue weighted by Crippen LogP contribution is -2.48. The van der Waals surface area contributed by atoms with Crippen molar-refractivity contribution in [1.29, 1.82) is 0 Å². The predicted molar refractivity (Wildman–Crippen MR) is 67.2 cm³/mol. The molecule has 4 nitrogen and oxygen atoms in total. The number of likely N-dealkylation sites (tertiary alicyclic amines) is 1. The molecule has 2 unspecified atom stereocenters. The van der Waals surface area contributed by atoms with Gasteiger partial charge < -0.3 is 10.6 Å². The Labute approximate surface area is 104 Å². The molecule has 4 heteroatoms. The lowest BCUT2D eigenvalue weighted by atomic mass is 9.98. The van der Waals surface area contributed by atoms with Crippen LogP contribution in [0.25, 0.3) is 0 Å². The normalized spacial score (nSPS) is 23.3. The lowest BCUT2D eigenvalue weighted by Gasteiger charge is -2.30. The molecule has 0 aromatic rings. The summed E-state index contributed by atoms with van der Waals surface area (Å²) in [4.78, 5) is 25.1. The van der Waals surface area contributed by atoms with Gasteiger partial charge in [0.15, 0.2) is 0 Å². The minimum Gasteiger partial charge on any atom is -0.368 e. The van der Waals surface area contributed by atoms with Crippen LogP contribution in [0.2, 0.25) is 0 Å². The van der Waals surface area contributed by atoms with Crippen molar-refractivity contribution >= 4 is 11.8 Å². The van der Waals surface area contributed by atoms with Gasteiger partial charge in [-0.25, -0.2) is 0 Å². The van der Waals surface area contributed by atoms with Crippen molar-refractivity contribution in [1.82, 2.24) is 4.90 Å². The Hall–Kier alpha value is -1.06. The quantitative estimate of drug-likeness (QED) is 0.794. The van der Waals surface area contributed by atoms with Crippen LogP contribution in [-0.4, -0.2) is 29.3 Å². The van der Waals surface area contributed by atoms with Crippen molar-refractivity contribution < 1.29 is 9.59 Å². The Bertz CT molecular complexity index is 279.